The number of carbonyl (C=O) groups excluding carboxylic acids is 1. The summed E-state index contributed by atoms with van der Waals surface area (Å²) in [6.07, 6.45) is 0.701. The van der Waals surface area contributed by atoms with Gasteiger partial charge in [0, 0.05) is 17.5 Å². The lowest BCUT2D eigenvalue weighted by Gasteiger charge is -2.21. The summed E-state index contributed by atoms with van der Waals surface area (Å²) >= 11 is 2.37. The summed E-state index contributed by atoms with van der Waals surface area (Å²) in [7, 11) is 3.87. The second kappa shape index (κ2) is 11.0. The van der Waals surface area contributed by atoms with Gasteiger partial charge in [-0.2, -0.15) is 0 Å². The molecule has 0 bridgehead atoms. The molecule has 4 nitrogen and oxygen atoms in total. The second-order valence-electron chi connectivity index (χ2n) is 6.68. The molecule has 0 atom stereocenters. The molecule has 3 rings (SSSR count). The van der Waals surface area contributed by atoms with E-state index in [1.165, 1.54) is 34.9 Å². The molecule has 0 fully saturated rings. The lowest BCUT2D eigenvalue weighted by molar-refractivity contribution is -0.116. The van der Waals surface area contributed by atoms with Gasteiger partial charge in [-0.1, -0.05) is 11.3 Å². The van der Waals surface area contributed by atoms with Crippen molar-refractivity contribution >= 4 is 56.8 Å². The number of fused-ring (bicyclic) bond motifs is 1. The van der Waals surface area contributed by atoms with E-state index in [0.717, 1.165) is 28.8 Å². The molecule has 0 unspecified atom stereocenters. The van der Waals surface area contributed by atoms with Crippen LogP contribution in [0, 0.1) is 17.5 Å². The van der Waals surface area contributed by atoms with E-state index in [2.05, 4.69) is 4.98 Å². The lowest BCUT2D eigenvalue weighted by atomic mass is 10.3. The number of thiazole rings is 1. The fourth-order valence-corrected chi connectivity index (χ4v) is 4.51. The number of halogens is 4. The monoisotopic (exact) mass is 475 g/mol. The average molecular weight is 476 g/mol. The van der Waals surface area contributed by atoms with Gasteiger partial charge >= 0.3 is 0 Å². The molecule has 0 aliphatic carbocycles. The van der Waals surface area contributed by atoms with Gasteiger partial charge in [0.2, 0.25) is 5.91 Å². The Morgan fingerprint density at radius 3 is 2.43 bits per heavy atom. The Labute approximate surface area is 187 Å². The highest BCUT2D eigenvalue weighted by Gasteiger charge is 2.21. The number of nitrogens with zero attached hydrogens (tertiary/aromatic N) is 3. The Bertz CT molecular complexity index is 999. The third-order valence-electron chi connectivity index (χ3n) is 4.10. The molecular formula is C20H21ClF3N3OS2. The van der Waals surface area contributed by atoms with Gasteiger partial charge in [-0.25, -0.2) is 18.2 Å². The molecule has 0 saturated heterocycles. The van der Waals surface area contributed by atoms with E-state index in [1.807, 2.05) is 19.0 Å². The normalized spacial score (nSPS) is 11.0. The highest BCUT2D eigenvalue weighted by atomic mass is 35.5. The number of hydrogen-bond acceptors (Lipinski definition) is 5. The summed E-state index contributed by atoms with van der Waals surface area (Å²) in [5.41, 5.74) is 0.0583. The molecule has 0 spiro atoms. The van der Waals surface area contributed by atoms with Crippen LogP contribution in [0.3, 0.4) is 0 Å². The van der Waals surface area contributed by atoms with Crippen LogP contribution in [-0.2, 0) is 4.79 Å². The van der Waals surface area contributed by atoms with Crippen LogP contribution in [0.1, 0.15) is 6.42 Å². The van der Waals surface area contributed by atoms with Gasteiger partial charge in [0.15, 0.2) is 10.9 Å². The summed E-state index contributed by atoms with van der Waals surface area (Å²) in [5, 5.41) is 0.341. The number of carbonyl (C=O) groups is 1. The first kappa shape index (κ1) is 24.5. The molecule has 0 N–H and O–H groups in total. The minimum atomic E-state index is -0.746. The van der Waals surface area contributed by atoms with Crippen molar-refractivity contribution in [2.45, 2.75) is 11.3 Å². The predicted molar refractivity (Wildman–Crippen MR) is 119 cm³/mol. The van der Waals surface area contributed by atoms with Gasteiger partial charge in [0.1, 0.15) is 17.2 Å². The van der Waals surface area contributed by atoms with Crippen LogP contribution in [-0.4, -0.2) is 48.7 Å². The van der Waals surface area contributed by atoms with E-state index >= 15 is 0 Å². The minimum absolute atomic E-state index is 0. The zero-order chi connectivity index (χ0) is 21.0. The topological polar surface area (TPSA) is 36.4 Å². The number of benzene rings is 2. The van der Waals surface area contributed by atoms with Gasteiger partial charge in [-0.15, -0.1) is 24.2 Å². The SMILES string of the molecule is CN(C)CCCN(C(=O)CSc1ccc(F)cc1)c1nc2c(F)cc(F)cc2s1.Cl. The third-order valence-corrected chi connectivity index (χ3v) is 6.12. The maximum Gasteiger partial charge on any atom is 0.239 e. The molecule has 0 radical (unpaired) electrons. The quantitative estimate of drug-likeness (QED) is 0.419. The first-order valence-electron chi connectivity index (χ1n) is 8.92. The van der Waals surface area contributed by atoms with Crippen molar-refractivity contribution in [1.29, 1.82) is 0 Å². The predicted octanol–water partition coefficient (Wildman–Crippen LogP) is 5.21. The van der Waals surface area contributed by atoms with Crippen molar-refractivity contribution in [3.63, 3.8) is 0 Å². The number of anilines is 1. The van der Waals surface area contributed by atoms with Crippen molar-refractivity contribution in [3.05, 3.63) is 53.8 Å². The van der Waals surface area contributed by atoms with Crippen molar-refractivity contribution in [2.24, 2.45) is 0 Å². The van der Waals surface area contributed by atoms with Crippen LogP contribution >= 0.6 is 35.5 Å². The molecule has 3 aromatic rings. The smallest absolute Gasteiger partial charge is 0.239 e. The molecule has 1 heterocycles. The Morgan fingerprint density at radius 2 is 1.77 bits per heavy atom. The Morgan fingerprint density at radius 1 is 1.07 bits per heavy atom. The highest BCUT2D eigenvalue weighted by molar-refractivity contribution is 8.00. The van der Waals surface area contributed by atoms with Crippen LogP contribution < -0.4 is 4.90 Å². The summed E-state index contributed by atoms with van der Waals surface area (Å²) in [6.45, 7) is 1.17. The highest BCUT2D eigenvalue weighted by Crippen LogP contribution is 2.32. The summed E-state index contributed by atoms with van der Waals surface area (Å²) in [5.74, 6) is -1.83. The molecule has 0 aliphatic rings. The van der Waals surface area contributed by atoms with Gasteiger partial charge < -0.3 is 4.90 Å². The molecule has 2 aromatic carbocycles. The van der Waals surface area contributed by atoms with Gasteiger partial charge in [-0.3, -0.25) is 9.69 Å². The number of thioether (sulfide) groups is 1. The number of amides is 1. The fourth-order valence-electron chi connectivity index (χ4n) is 2.69. The van der Waals surface area contributed by atoms with E-state index in [-0.39, 0.29) is 35.4 Å². The fraction of sp³-hybridized carbons (Fsp3) is 0.300. The summed E-state index contributed by atoms with van der Waals surface area (Å²) in [4.78, 5) is 21.4. The molecular weight excluding hydrogens is 455 g/mol. The second-order valence-corrected chi connectivity index (χ2v) is 8.73. The first-order chi connectivity index (χ1) is 13.8. The zero-order valence-electron chi connectivity index (χ0n) is 16.4. The Hall–Kier alpha value is -1.81. The molecule has 1 amide bonds. The van der Waals surface area contributed by atoms with Crippen LogP contribution in [0.5, 0.6) is 0 Å². The standard InChI is InChI=1S/C20H20F3N3OS2.ClH/c1-25(2)8-3-9-26(18(27)12-28-15-6-4-13(21)5-7-15)20-24-19-16(23)10-14(22)11-17(19)29-20;/h4-7,10-11H,3,8-9,12H2,1-2H3;1H. The van der Waals surface area contributed by atoms with Crippen LogP contribution in [0.25, 0.3) is 10.2 Å². The molecule has 1 aromatic heterocycles. The largest absolute Gasteiger partial charge is 0.309 e. The van der Waals surface area contributed by atoms with Crippen molar-refractivity contribution in [2.75, 3.05) is 37.8 Å². The maximum atomic E-state index is 14.0. The molecule has 0 aliphatic heterocycles. The third kappa shape index (κ3) is 6.34. The molecule has 162 valence electrons. The van der Waals surface area contributed by atoms with Crippen molar-refractivity contribution in [3.8, 4) is 0 Å². The van der Waals surface area contributed by atoms with Crippen molar-refractivity contribution < 1.29 is 18.0 Å². The summed E-state index contributed by atoms with van der Waals surface area (Å²) < 4.78 is 41.0. The molecule has 0 saturated carbocycles. The van der Waals surface area contributed by atoms with E-state index in [0.29, 0.717) is 22.8 Å². The van der Waals surface area contributed by atoms with E-state index in [1.54, 1.807) is 12.1 Å². The van der Waals surface area contributed by atoms with E-state index in [4.69, 9.17) is 0 Å². The van der Waals surface area contributed by atoms with Gasteiger partial charge in [-0.05, 0) is 57.4 Å². The number of rotatable bonds is 8. The first-order valence-corrected chi connectivity index (χ1v) is 10.7. The summed E-state index contributed by atoms with van der Waals surface area (Å²) in [6, 6.07) is 7.90. The van der Waals surface area contributed by atoms with Gasteiger partial charge in [0.25, 0.3) is 0 Å². The van der Waals surface area contributed by atoms with Crippen molar-refractivity contribution in [1.82, 2.24) is 9.88 Å². The average Bonchev–Trinajstić information content (AvgIpc) is 3.08. The lowest BCUT2D eigenvalue weighted by Crippen LogP contribution is -2.34. The number of hydrogen-bond donors (Lipinski definition) is 0. The van der Waals surface area contributed by atoms with Crippen LogP contribution in [0.4, 0.5) is 18.3 Å². The Balaban J connectivity index is 0.00000320. The maximum absolute atomic E-state index is 14.0. The molecule has 10 heteroatoms. The molecule has 30 heavy (non-hydrogen) atoms. The van der Waals surface area contributed by atoms with E-state index < -0.39 is 11.6 Å². The van der Waals surface area contributed by atoms with E-state index in [9.17, 15) is 18.0 Å². The Kier molecular flexibility index (Phi) is 8.96. The van der Waals surface area contributed by atoms with Gasteiger partial charge in [0.05, 0.1) is 10.5 Å². The minimum Gasteiger partial charge on any atom is -0.309 e. The zero-order valence-corrected chi connectivity index (χ0v) is 18.9. The number of aromatic nitrogens is 1. The van der Waals surface area contributed by atoms with Crippen LogP contribution in [0.15, 0.2) is 41.3 Å². The van der Waals surface area contributed by atoms with Crippen LogP contribution in [0.2, 0.25) is 0 Å².